The molecule has 0 radical (unpaired) electrons. The average molecular weight is 1800 g/mol. The number of carbonyl (C=O) groups is 2. The van der Waals surface area contributed by atoms with Crippen LogP contribution in [0, 0.1) is 17.5 Å². The third-order valence-corrected chi connectivity index (χ3v) is 20.5. The first kappa shape index (κ1) is 97.1. The molecule has 0 aliphatic heterocycles. The van der Waals surface area contributed by atoms with Gasteiger partial charge in [-0.1, -0.05) is 107 Å². The average Bonchev–Trinajstić information content (AvgIpc) is 1.77. The van der Waals surface area contributed by atoms with Gasteiger partial charge in [0.05, 0.1) is 127 Å². The molecule has 6 aromatic heterocycles. The minimum Gasteiger partial charge on any atom is -0.506 e. The van der Waals surface area contributed by atoms with Gasteiger partial charge in [0.1, 0.15) is 62.9 Å². The van der Waals surface area contributed by atoms with E-state index in [0.29, 0.717) is 113 Å². The number of ether oxygens (including phenoxy) is 10. The third kappa shape index (κ3) is 22.3. The number of hydrogen-bond donors (Lipinski definition) is 8. The number of halogens is 5. The fourth-order valence-corrected chi connectivity index (χ4v) is 14.2. The molecule has 0 unspecified atom stereocenters. The third-order valence-electron chi connectivity index (χ3n) is 20.0. The van der Waals surface area contributed by atoms with Crippen LogP contribution in [0.5, 0.6) is 69.0 Å². The molecule has 8 N–H and O–H groups in total. The summed E-state index contributed by atoms with van der Waals surface area (Å²) in [7, 11) is 11.1. The molecule has 30 nitrogen and oxygen atoms in total. The van der Waals surface area contributed by atoms with Crippen molar-refractivity contribution in [2.75, 3.05) is 70.1 Å². The van der Waals surface area contributed by atoms with Crippen LogP contribution in [0.15, 0.2) is 131 Å². The minimum absolute atomic E-state index is 0.0250. The van der Waals surface area contributed by atoms with Crippen molar-refractivity contribution in [2.24, 2.45) is 0 Å². The molecular weight excluding hydrogens is 1700 g/mol. The SMILES string of the molecule is CCCCc1[nH]c(=O)c(-c2nnc(Cc3ccc(Cl)cc3)o2)c(O)c1-c1c(OC)ccc(F)c1OC.CCCCc1[nH]c(=O)c(-c2nnc(Cc3ccc(Cl)cc3)o2)c(O)c1-c1c(OC)ccc(F)c1OC.CCCCc1[nH]c(=O)c(C(=O)OCC)c(O)c1-c1c(OC)ccc(F)c1OC.CCCCc1[nH]c(=O)c(C(=O)OCC)c(O)c1-c1c(OC)cccc1OC. The second-order valence-electron chi connectivity index (χ2n) is 28.1. The molecule has 6 aromatic carbocycles. The van der Waals surface area contributed by atoms with Gasteiger partial charge in [0.15, 0.2) is 45.8 Å². The molecule has 0 atom stereocenters. The lowest BCUT2D eigenvalue weighted by Gasteiger charge is -2.19. The Morgan fingerprint density at radius 1 is 0.354 bits per heavy atom. The molecule has 674 valence electrons. The number of methoxy groups -OCH3 is 8. The Kier molecular flexibility index (Phi) is 35.0. The number of aromatic nitrogens is 8. The van der Waals surface area contributed by atoms with Gasteiger partial charge in [0, 0.05) is 32.8 Å². The number of H-pyrrole nitrogens is 4. The molecule has 0 bridgehead atoms. The number of aryl methyl sites for hydroxylation is 4. The summed E-state index contributed by atoms with van der Waals surface area (Å²) in [5.74, 6) is -4.41. The van der Waals surface area contributed by atoms with Gasteiger partial charge in [0.2, 0.25) is 11.8 Å². The van der Waals surface area contributed by atoms with Gasteiger partial charge < -0.3 is 96.6 Å². The topological polar surface area (TPSA) is 417 Å². The van der Waals surface area contributed by atoms with E-state index in [1.807, 2.05) is 52.0 Å². The van der Waals surface area contributed by atoms with Gasteiger partial charge >= 0.3 is 11.9 Å². The van der Waals surface area contributed by atoms with E-state index in [1.54, 1.807) is 56.3 Å². The highest BCUT2D eigenvalue weighted by molar-refractivity contribution is 6.30. The first-order valence-electron chi connectivity index (χ1n) is 40.5. The van der Waals surface area contributed by atoms with Crippen LogP contribution in [0.2, 0.25) is 10.0 Å². The lowest BCUT2D eigenvalue weighted by Crippen LogP contribution is -2.22. The Labute approximate surface area is 737 Å². The summed E-state index contributed by atoms with van der Waals surface area (Å²) in [6, 6.07) is 27.2. The highest BCUT2D eigenvalue weighted by Gasteiger charge is 2.35. The molecule has 127 heavy (non-hydrogen) atoms. The fourth-order valence-electron chi connectivity index (χ4n) is 13.9. The monoisotopic (exact) mass is 1790 g/mol. The molecule has 0 fully saturated rings. The molecule has 0 spiro atoms. The maximum absolute atomic E-state index is 14.7. The van der Waals surface area contributed by atoms with Crippen LogP contribution in [0.3, 0.4) is 0 Å². The minimum atomic E-state index is -0.973. The van der Waals surface area contributed by atoms with Gasteiger partial charge in [-0.25, -0.2) is 22.8 Å². The number of benzene rings is 6. The zero-order chi connectivity index (χ0) is 92.5. The Hall–Kier alpha value is -13.7. The van der Waals surface area contributed by atoms with Crippen LogP contribution < -0.4 is 60.1 Å². The molecule has 0 saturated heterocycles. The number of rotatable bonds is 34. The summed E-state index contributed by atoms with van der Waals surface area (Å²) in [4.78, 5) is 86.5. The van der Waals surface area contributed by atoms with Crippen LogP contribution in [0.1, 0.15) is 159 Å². The zero-order valence-electron chi connectivity index (χ0n) is 72.4. The van der Waals surface area contributed by atoms with Crippen LogP contribution in [-0.4, -0.2) is 143 Å². The quantitative estimate of drug-likeness (QED) is 0.0174. The van der Waals surface area contributed by atoms with E-state index in [9.17, 15) is 62.4 Å². The maximum atomic E-state index is 14.7. The van der Waals surface area contributed by atoms with Gasteiger partial charge in [-0.15, -0.1) is 20.4 Å². The number of hydrogen-bond acceptors (Lipinski definition) is 26. The summed E-state index contributed by atoms with van der Waals surface area (Å²) in [6.45, 7) is 11.3. The lowest BCUT2D eigenvalue weighted by atomic mass is 9.95. The molecule has 0 saturated carbocycles. The smallest absolute Gasteiger partial charge is 0.347 e. The zero-order valence-corrected chi connectivity index (χ0v) is 74.0. The van der Waals surface area contributed by atoms with E-state index in [1.165, 1.54) is 93.3 Å². The van der Waals surface area contributed by atoms with Gasteiger partial charge in [-0.3, -0.25) is 19.2 Å². The standard InChI is InChI=1S/2C26H25ClFN3O5.C20H24FNO6.C20H25NO6/c2*1-4-5-6-17-20(21-18(34-2)12-11-16(28)24(21)35-3)23(32)22(25(33)29-17)26-31-30-19(36-26)13-14-7-9-15(27)10-8-14;1-5-7-8-12-14(15-13(26-3)10-9-11(21)18(15)27-4)17(23)16(19(24)22-12)20(25)28-6-2;1-5-7-9-12-15(16-13(25-3)10-8-11-14(16)26-4)18(22)17(19(23)21-12)20(24)27-6-2/h2*7-12H,4-6,13H2,1-3H3,(H2,29,32,33);9-10H,5-8H2,1-4H3,(H2,22,23,24);8,10-11H,5-7,9H2,1-4H3,(H2,21,22,23). The Bertz CT molecular complexity index is 5870. The highest BCUT2D eigenvalue weighted by atomic mass is 35.5. The molecule has 0 aliphatic rings. The predicted molar refractivity (Wildman–Crippen MR) is 470 cm³/mol. The van der Waals surface area contributed by atoms with Crippen molar-refractivity contribution in [3.8, 4) is 136 Å². The molecule has 6 heterocycles. The second-order valence-corrected chi connectivity index (χ2v) is 29.0. The second kappa shape index (κ2) is 45.8. The van der Waals surface area contributed by atoms with Crippen molar-refractivity contribution in [1.82, 2.24) is 40.3 Å². The van der Waals surface area contributed by atoms with E-state index in [0.717, 1.165) is 43.2 Å². The van der Waals surface area contributed by atoms with Crippen LogP contribution in [0.4, 0.5) is 13.2 Å². The molecule has 0 amide bonds. The summed E-state index contributed by atoms with van der Waals surface area (Å²) in [5.41, 5.74) is 0.922. The maximum Gasteiger partial charge on any atom is 0.347 e. The normalized spacial score (nSPS) is 10.8. The summed E-state index contributed by atoms with van der Waals surface area (Å²) in [6.07, 6.45) is 8.64. The van der Waals surface area contributed by atoms with Crippen molar-refractivity contribution in [1.29, 1.82) is 0 Å². The summed E-state index contributed by atoms with van der Waals surface area (Å²) >= 11 is 11.9. The van der Waals surface area contributed by atoms with Crippen LogP contribution in [-0.2, 0) is 48.0 Å². The van der Waals surface area contributed by atoms with E-state index in [2.05, 4.69) is 40.3 Å². The molecule has 12 aromatic rings. The van der Waals surface area contributed by atoms with E-state index in [4.69, 9.17) is 79.4 Å². The molecule has 0 aliphatic carbocycles. The summed E-state index contributed by atoms with van der Waals surface area (Å²) < 4.78 is 108. The van der Waals surface area contributed by atoms with Gasteiger partial charge in [0.25, 0.3) is 34.0 Å². The van der Waals surface area contributed by atoms with Crippen LogP contribution >= 0.6 is 23.2 Å². The predicted octanol–water partition coefficient (Wildman–Crippen LogP) is 17.8. The van der Waals surface area contributed by atoms with E-state index >= 15 is 0 Å². The van der Waals surface area contributed by atoms with Gasteiger partial charge in [-0.2, -0.15) is 0 Å². The van der Waals surface area contributed by atoms with Crippen molar-refractivity contribution in [2.45, 2.75) is 131 Å². The molecular formula is C92H99Cl2F3N8O22. The Balaban J connectivity index is 0.000000193. The lowest BCUT2D eigenvalue weighted by molar-refractivity contribution is 0.0510. The van der Waals surface area contributed by atoms with Crippen molar-refractivity contribution < 1.29 is 99.4 Å². The number of pyridine rings is 4. The number of aromatic hydroxyl groups is 4. The summed E-state index contributed by atoms with van der Waals surface area (Å²) in [5, 5.41) is 61.9. The Morgan fingerprint density at radius 2 is 0.638 bits per heavy atom. The number of nitrogens with one attached hydrogen (secondary N) is 4. The molecule has 35 heteroatoms. The first-order chi connectivity index (χ1) is 61.1. The largest absolute Gasteiger partial charge is 0.506 e. The van der Waals surface area contributed by atoms with Gasteiger partial charge in [-0.05, 0) is 149 Å². The number of esters is 2. The van der Waals surface area contributed by atoms with Crippen molar-refractivity contribution in [3.05, 3.63) is 229 Å². The van der Waals surface area contributed by atoms with Crippen molar-refractivity contribution >= 4 is 35.1 Å². The van der Waals surface area contributed by atoms with Crippen LogP contribution in [0.25, 0.3) is 67.4 Å². The first-order valence-corrected chi connectivity index (χ1v) is 41.3. The number of aromatic amines is 4. The van der Waals surface area contributed by atoms with Crippen molar-refractivity contribution in [3.63, 3.8) is 0 Å². The fraction of sp³-hybridized carbons (Fsp3) is 0.326. The molecule has 12 rings (SSSR count). The highest BCUT2D eigenvalue weighted by Crippen LogP contribution is 2.52. The van der Waals surface area contributed by atoms with E-state index < -0.39 is 85.8 Å². The van der Waals surface area contributed by atoms with E-state index in [-0.39, 0.29) is 116 Å². The Morgan fingerprint density at radius 3 is 0.921 bits per heavy atom. The number of carbonyl (C=O) groups excluding carboxylic acids is 2. The number of nitrogens with zero attached hydrogens (tertiary/aromatic N) is 4. The number of unbranched alkanes of at least 4 members (excludes halogenated alkanes) is 4.